The zero-order chi connectivity index (χ0) is 25.0. The van der Waals surface area contributed by atoms with Gasteiger partial charge in [-0.15, -0.1) is 0 Å². The lowest BCUT2D eigenvalue weighted by atomic mass is 9.89. The number of aliphatic hydroxyl groups is 1. The molecule has 2 N–H and O–H groups in total. The van der Waals surface area contributed by atoms with Crippen LogP contribution in [0.3, 0.4) is 0 Å². The summed E-state index contributed by atoms with van der Waals surface area (Å²) in [6, 6.07) is 7.88. The predicted octanol–water partition coefficient (Wildman–Crippen LogP) is 6.30. The average molecular weight is 465 g/mol. The maximum Gasteiger partial charge on any atom is 0.217 e. The van der Waals surface area contributed by atoms with Crippen LogP contribution in [0.15, 0.2) is 37.0 Å². The van der Waals surface area contributed by atoms with Gasteiger partial charge in [0.1, 0.15) is 0 Å². The molecule has 1 aliphatic heterocycles. The van der Waals surface area contributed by atoms with Crippen molar-refractivity contribution in [3.05, 3.63) is 59.3 Å². The molecule has 0 spiro atoms. The molecule has 34 heavy (non-hydrogen) atoms. The van der Waals surface area contributed by atoms with Gasteiger partial charge in [-0.1, -0.05) is 46.4 Å². The standard InChI is InChI=1S/C21H24N2O2.C8H16O/c1-5-15-7-6-8-18(19(15)20(24)13(2)3)23-14(4)16-9-11-22-21-17(16)10-12-25-21;1-6(7-4-5-7)8(2,3)9/h6-9,11,13,23H,4-5,10,12H2,1-3H3;6-7,9H,4-5H2,1-3H3. The fourth-order valence-electron chi connectivity index (χ4n) is 4.35. The lowest BCUT2D eigenvalue weighted by Gasteiger charge is -2.25. The molecule has 0 amide bonds. The van der Waals surface area contributed by atoms with Gasteiger partial charge in [-0.3, -0.25) is 4.79 Å². The number of carbonyl (C=O) groups is 1. The van der Waals surface area contributed by atoms with Crippen molar-refractivity contribution in [1.29, 1.82) is 0 Å². The van der Waals surface area contributed by atoms with Gasteiger partial charge in [0.15, 0.2) is 5.78 Å². The molecule has 2 aromatic rings. The first kappa shape index (κ1) is 26.0. The second kappa shape index (κ2) is 10.7. The second-order valence-electron chi connectivity index (χ2n) is 10.3. The SMILES string of the molecule is C=C(Nc1cccc(CC)c1C(=O)C(C)C)c1ccnc2c1CCO2.CC(C1CC1)C(C)(C)O. The Balaban J connectivity index is 0.000000302. The third kappa shape index (κ3) is 6.06. The lowest BCUT2D eigenvalue weighted by molar-refractivity contribution is 0.0155. The monoisotopic (exact) mass is 464 g/mol. The van der Waals surface area contributed by atoms with Crippen LogP contribution in [-0.2, 0) is 12.8 Å². The number of aromatic nitrogens is 1. The summed E-state index contributed by atoms with van der Waals surface area (Å²) in [5, 5.41) is 12.9. The highest BCUT2D eigenvalue weighted by Crippen LogP contribution is 2.41. The van der Waals surface area contributed by atoms with Gasteiger partial charge >= 0.3 is 0 Å². The summed E-state index contributed by atoms with van der Waals surface area (Å²) in [6.07, 6.45) is 6.02. The molecule has 1 unspecified atom stereocenters. The smallest absolute Gasteiger partial charge is 0.217 e. The number of ketones is 1. The molecular weight excluding hydrogens is 424 g/mol. The molecule has 1 aromatic heterocycles. The van der Waals surface area contributed by atoms with Gasteiger partial charge in [-0.25, -0.2) is 4.98 Å². The number of benzene rings is 1. The van der Waals surface area contributed by atoms with Gasteiger partial charge in [0.05, 0.1) is 12.2 Å². The number of Topliss-reactive ketones (excluding diaryl/α,β-unsaturated/α-hetero) is 1. The average Bonchev–Trinajstić information content (AvgIpc) is 3.53. The number of rotatable bonds is 8. The number of hydrogen-bond donors (Lipinski definition) is 2. The van der Waals surface area contributed by atoms with Gasteiger partial charge in [0.2, 0.25) is 5.88 Å². The van der Waals surface area contributed by atoms with Crippen molar-refractivity contribution in [1.82, 2.24) is 4.98 Å². The van der Waals surface area contributed by atoms with Crippen molar-refractivity contribution in [3.63, 3.8) is 0 Å². The highest BCUT2D eigenvalue weighted by molar-refractivity contribution is 6.05. The molecule has 0 bridgehead atoms. The Kier molecular flexibility index (Phi) is 8.19. The Morgan fingerprint density at radius 1 is 1.26 bits per heavy atom. The molecule has 4 rings (SSSR count). The minimum absolute atomic E-state index is 0.0555. The van der Waals surface area contributed by atoms with Gasteiger partial charge in [0, 0.05) is 46.6 Å². The van der Waals surface area contributed by atoms with Gasteiger partial charge in [-0.2, -0.15) is 0 Å². The molecule has 1 fully saturated rings. The molecule has 0 saturated heterocycles. The first-order valence-corrected chi connectivity index (χ1v) is 12.5. The summed E-state index contributed by atoms with van der Waals surface area (Å²) in [7, 11) is 0. The minimum atomic E-state index is -0.457. The fourth-order valence-corrected chi connectivity index (χ4v) is 4.35. The number of hydrogen-bond acceptors (Lipinski definition) is 5. The van der Waals surface area contributed by atoms with Crippen LogP contribution >= 0.6 is 0 Å². The van der Waals surface area contributed by atoms with Crippen LogP contribution in [-0.4, -0.2) is 28.1 Å². The fraction of sp³-hybridized carbons (Fsp3) is 0.517. The maximum atomic E-state index is 12.8. The van der Waals surface area contributed by atoms with Crippen LogP contribution in [0.5, 0.6) is 5.88 Å². The Hall–Kier alpha value is -2.66. The summed E-state index contributed by atoms with van der Waals surface area (Å²) in [6.45, 7) is 16.7. The van der Waals surface area contributed by atoms with Crippen molar-refractivity contribution in [2.24, 2.45) is 17.8 Å². The summed E-state index contributed by atoms with van der Waals surface area (Å²) in [5.41, 5.74) is 5.00. The molecule has 1 aliphatic carbocycles. The molecule has 1 saturated carbocycles. The van der Waals surface area contributed by atoms with Crippen molar-refractivity contribution < 1.29 is 14.6 Å². The van der Waals surface area contributed by atoms with Gasteiger partial charge < -0.3 is 15.2 Å². The molecule has 5 heteroatoms. The second-order valence-corrected chi connectivity index (χ2v) is 10.3. The van der Waals surface area contributed by atoms with Crippen LogP contribution in [0, 0.1) is 17.8 Å². The van der Waals surface area contributed by atoms with Crippen molar-refractivity contribution in [3.8, 4) is 5.88 Å². The number of carbonyl (C=O) groups excluding carboxylic acids is 1. The topological polar surface area (TPSA) is 71.5 Å². The Bertz CT molecular complexity index is 1030. The summed E-state index contributed by atoms with van der Waals surface area (Å²) >= 11 is 0. The molecule has 2 heterocycles. The lowest BCUT2D eigenvalue weighted by Crippen LogP contribution is -2.29. The van der Waals surface area contributed by atoms with E-state index in [-0.39, 0.29) is 11.7 Å². The van der Waals surface area contributed by atoms with E-state index in [0.29, 0.717) is 18.4 Å². The van der Waals surface area contributed by atoms with E-state index < -0.39 is 5.60 Å². The van der Waals surface area contributed by atoms with Gasteiger partial charge in [-0.05, 0) is 62.6 Å². The third-order valence-electron chi connectivity index (χ3n) is 6.96. The van der Waals surface area contributed by atoms with Crippen LogP contribution in [0.4, 0.5) is 5.69 Å². The van der Waals surface area contributed by atoms with E-state index in [0.717, 1.165) is 52.4 Å². The number of fused-ring (bicyclic) bond motifs is 1. The highest BCUT2D eigenvalue weighted by atomic mass is 16.5. The molecule has 1 aromatic carbocycles. The quantitative estimate of drug-likeness (QED) is 0.448. The predicted molar refractivity (Wildman–Crippen MR) is 139 cm³/mol. The Morgan fingerprint density at radius 2 is 1.97 bits per heavy atom. The van der Waals surface area contributed by atoms with Crippen LogP contribution < -0.4 is 10.1 Å². The zero-order valence-corrected chi connectivity index (χ0v) is 21.6. The molecule has 5 nitrogen and oxygen atoms in total. The van der Waals surface area contributed by atoms with E-state index in [1.165, 1.54) is 12.8 Å². The number of nitrogens with zero attached hydrogens (tertiary/aromatic N) is 1. The molecule has 1 atom stereocenters. The van der Waals surface area contributed by atoms with E-state index >= 15 is 0 Å². The Labute approximate surface area is 204 Å². The summed E-state index contributed by atoms with van der Waals surface area (Å²) in [5.74, 6) is 2.07. The van der Waals surface area contributed by atoms with Crippen LogP contribution in [0.2, 0.25) is 0 Å². The van der Waals surface area contributed by atoms with Crippen molar-refractivity contribution in [2.45, 2.75) is 72.8 Å². The van der Waals surface area contributed by atoms with Crippen LogP contribution in [0.25, 0.3) is 5.70 Å². The molecular formula is C29H40N2O3. The van der Waals surface area contributed by atoms with Crippen molar-refractivity contribution >= 4 is 17.2 Å². The maximum absolute atomic E-state index is 12.8. The molecule has 2 aliphatic rings. The number of anilines is 1. The number of ether oxygens (including phenoxy) is 1. The van der Waals surface area contributed by atoms with E-state index in [1.807, 2.05) is 52.0 Å². The largest absolute Gasteiger partial charge is 0.477 e. The first-order valence-electron chi connectivity index (χ1n) is 12.5. The van der Waals surface area contributed by atoms with Gasteiger partial charge in [0.25, 0.3) is 0 Å². The zero-order valence-electron chi connectivity index (χ0n) is 21.6. The number of nitrogens with one attached hydrogen (secondary N) is 1. The molecule has 0 radical (unpaired) electrons. The summed E-state index contributed by atoms with van der Waals surface area (Å²) in [4.78, 5) is 17.0. The first-order chi connectivity index (χ1) is 16.0. The number of aryl methyl sites for hydroxylation is 1. The molecule has 184 valence electrons. The van der Waals surface area contributed by atoms with Crippen LogP contribution in [0.1, 0.15) is 81.4 Å². The summed E-state index contributed by atoms with van der Waals surface area (Å²) < 4.78 is 5.54. The van der Waals surface area contributed by atoms with Crippen molar-refractivity contribution in [2.75, 3.05) is 11.9 Å². The minimum Gasteiger partial charge on any atom is -0.477 e. The highest BCUT2D eigenvalue weighted by Gasteiger charge is 2.36. The normalized spacial score (nSPS) is 15.6. The Morgan fingerprint density at radius 3 is 2.53 bits per heavy atom. The van der Waals surface area contributed by atoms with E-state index in [9.17, 15) is 9.90 Å². The van der Waals surface area contributed by atoms with E-state index in [2.05, 4.69) is 30.7 Å². The number of pyridine rings is 1. The van der Waals surface area contributed by atoms with E-state index in [4.69, 9.17) is 4.74 Å². The van der Waals surface area contributed by atoms with E-state index in [1.54, 1.807) is 6.20 Å². The third-order valence-corrected chi connectivity index (χ3v) is 6.96.